The van der Waals surface area contributed by atoms with Crippen LogP contribution in [0.1, 0.15) is 68.2 Å². The number of nitrogens with zero attached hydrogens (tertiary/aromatic N) is 2. The average Bonchev–Trinajstić information content (AvgIpc) is 3.09. The number of nitrogens with one attached hydrogen (secondary N) is 3. The minimum Gasteiger partial charge on any atom is -0.444 e. The number of piperidine rings is 1. The molecule has 0 spiro atoms. The van der Waals surface area contributed by atoms with Crippen LogP contribution < -0.4 is 10.9 Å². The number of fused-ring (bicyclic) bond motifs is 1. The van der Waals surface area contributed by atoms with Crippen LogP contribution in [0, 0.1) is 5.92 Å². The highest BCUT2D eigenvalue weighted by Gasteiger charge is 2.31. The number of hydrogen-bond acceptors (Lipinski definition) is 5. The molecule has 1 aliphatic heterocycles. The number of amides is 3. The quantitative estimate of drug-likeness (QED) is 0.664. The maximum absolute atomic E-state index is 12.5. The van der Waals surface area contributed by atoms with Gasteiger partial charge >= 0.3 is 6.09 Å². The van der Waals surface area contributed by atoms with Gasteiger partial charge in [0.1, 0.15) is 5.60 Å². The number of rotatable bonds is 2. The van der Waals surface area contributed by atoms with Crippen molar-refractivity contribution in [2.45, 2.75) is 64.9 Å². The second-order valence-electron chi connectivity index (χ2n) is 8.45. The van der Waals surface area contributed by atoms with Crippen molar-refractivity contribution in [2.75, 3.05) is 13.1 Å². The molecule has 1 fully saturated rings. The van der Waals surface area contributed by atoms with E-state index in [1.165, 1.54) is 0 Å². The predicted molar refractivity (Wildman–Crippen MR) is 101 cm³/mol. The summed E-state index contributed by atoms with van der Waals surface area (Å²) in [5.74, 6) is -1.13. The van der Waals surface area contributed by atoms with Gasteiger partial charge in [-0.05, 0) is 59.3 Å². The minimum absolute atomic E-state index is 0.272. The van der Waals surface area contributed by atoms with Gasteiger partial charge in [-0.2, -0.15) is 5.10 Å². The van der Waals surface area contributed by atoms with Crippen LogP contribution >= 0.6 is 0 Å². The van der Waals surface area contributed by atoms with E-state index < -0.39 is 23.5 Å². The highest BCUT2D eigenvalue weighted by atomic mass is 16.6. The Bertz CT molecular complexity index is 752. The Balaban J connectivity index is 1.52. The summed E-state index contributed by atoms with van der Waals surface area (Å²) in [5.41, 5.74) is 6.64. The van der Waals surface area contributed by atoms with Gasteiger partial charge < -0.3 is 9.64 Å². The lowest BCUT2D eigenvalue weighted by molar-refractivity contribution is -0.127. The van der Waals surface area contributed by atoms with Gasteiger partial charge in [-0.1, -0.05) is 0 Å². The van der Waals surface area contributed by atoms with Crippen molar-refractivity contribution in [3.05, 3.63) is 17.0 Å². The second kappa shape index (κ2) is 8.20. The van der Waals surface area contributed by atoms with Crippen molar-refractivity contribution in [3.63, 3.8) is 0 Å². The molecule has 0 unspecified atom stereocenters. The highest BCUT2D eigenvalue weighted by molar-refractivity contribution is 5.95. The Morgan fingerprint density at radius 3 is 2.64 bits per heavy atom. The number of aromatic amines is 1. The molecule has 3 amide bonds. The van der Waals surface area contributed by atoms with Gasteiger partial charge in [-0.15, -0.1) is 0 Å². The fourth-order valence-corrected chi connectivity index (χ4v) is 3.63. The van der Waals surface area contributed by atoms with Crippen molar-refractivity contribution in [1.29, 1.82) is 0 Å². The topological polar surface area (TPSA) is 116 Å². The van der Waals surface area contributed by atoms with E-state index in [1.54, 1.807) is 4.90 Å². The summed E-state index contributed by atoms with van der Waals surface area (Å²) in [6, 6.07) is 0. The molecule has 28 heavy (non-hydrogen) atoms. The van der Waals surface area contributed by atoms with Crippen LogP contribution in [-0.2, 0) is 22.4 Å². The fraction of sp³-hybridized carbons (Fsp3) is 0.684. The summed E-state index contributed by atoms with van der Waals surface area (Å²) in [6.07, 6.45) is 4.76. The van der Waals surface area contributed by atoms with E-state index in [-0.39, 0.29) is 12.5 Å². The van der Waals surface area contributed by atoms with Crippen LogP contribution in [0.5, 0.6) is 0 Å². The first kappa shape index (κ1) is 20.2. The van der Waals surface area contributed by atoms with E-state index >= 15 is 0 Å². The van der Waals surface area contributed by atoms with Crippen molar-refractivity contribution in [3.8, 4) is 0 Å². The third-order valence-electron chi connectivity index (χ3n) is 5.01. The third-order valence-corrected chi connectivity index (χ3v) is 5.01. The molecule has 9 nitrogen and oxygen atoms in total. The first-order valence-corrected chi connectivity index (χ1v) is 9.89. The molecule has 3 rings (SSSR count). The molecule has 1 aromatic rings. The van der Waals surface area contributed by atoms with Gasteiger partial charge in [0.2, 0.25) is 5.91 Å². The Labute approximate surface area is 164 Å². The van der Waals surface area contributed by atoms with Crippen molar-refractivity contribution in [1.82, 2.24) is 25.9 Å². The number of likely N-dealkylation sites (tertiary alicyclic amines) is 1. The molecule has 1 saturated heterocycles. The van der Waals surface area contributed by atoms with Crippen LogP contribution in [0.3, 0.4) is 0 Å². The first-order chi connectivity index (χ1) is 13.2. The largest absolute Gasteiger partial charge is 0.444 e. The molecule has 3 N–H and O–H groups in total. The summed E-state index contributed by atoms with van der Waals surface area (Å²) in [6.45, 7) is 6.26. The number of hydrazine groups is 1. The van der Waals surface area contributed by atoms with Gasteiger partial charge in [-0.25, -0.2) is 4.79 Å². The van der Waals surface area contributed by atoms with Gasteiger partial charge in [0.15, 0.2) is 5.69 Å². The van der Waals surface area contributed by atoms with E-state index in [9.17, 15) is 14.4 Å². The number of H-pyrrole nitrogens is 1. The standard InChI is InChI=1S/C19H29N5O4/c1-19(2,3)28-18(27)24-10-6-7-12(11-24)16(25)22-23-17(26)15-13-8-4-5-9-14(13)20-21-15/h12H,4-11H2,1-3H3,(H,20,21)(H,22,25)(H,23,26)/t12-/m0/s1. The van der Waals surface area contributed by atoms with Crippen molar-refractivity contribution >= 4 is 17.9 Å². The molecule has 1 aromatic heterocycles. The van der Waals surface area contributed by atoms with Gasteiger partial charge in [-0.3, -0.25) is 25.5 Å². The summed E-state index contributed by atoms with van der Waals surface area (Å²) >= 11 is 0. The molecule has 0 saturated carbocycles. The number of hydrogen-bond donors (Lipinski definition) is 3. The molecule has 0 aromatic carbocycles. The summed E-state index contributed by atoms with van der Waals surface area (Å²) in [7, 11) is 0. The maximum Gasteiger partial charge on any atom is 0.410 e. The van der Waals surface area contributed by atoms with E-state index in [0.717, 1.165) is 36.9 Å². The molecule has 0 radical (unpaired) electrons. The summed E-state index contributed by atoms with van der Waals surface area (Å²) < 4.78 is 5.38. The molecule has 154 valence electrons. The average molecular weight is 391 g/mol. The van der Waals surface area contributed by atoms with Crippen molar-refractivity contribution in [2.24, 2.45) is 5.92 Å². The van der Waals surface area contributed by atoms with Crippen LogP contribution in [0.15, 0.2) is 0 Å². The van der Waals surface area contributed by atoms with E-state index in [2.05, 4.69) is 21.0 Å². The molecular formula is C19H29N5O4. The molecule has 1 atom stereocenters. The van der Waals surface area contributed by atoms with Gasteiger partial charge in [0.25, 0.3) is 5.91 Å². The van der Waals surface area contributed by atoms with Gasteiger partial charge in [0.05, 0.1) is 5.92 Å². The van der Waals surface area contributed by atoms with Crippen LogP contribution in [0.25, 0.3) is 0 Å². The van der Waals surface area contributed by atoms with E-state index in [0.29, 0.717) is 25.1 Å². The number of carbonyl (C=O) groups excluding carboxylic acids is 3. The van der Waals surface area contributed by atoms with Crippen LogP contribution in [-0.4, -0.2) is 51.7 Å². The highest BCUT2D eigenvalue weighted by Crippen LogP contribution is 2.22. The SMILES string of the molecule is CC(C)(C)OC(=O)N1CCC[C@H](C(=O)NNC(=O)c2n[nH]c3c2CCCC3)C1. The zero-order valence-electron chi connectivity index (χ0n) is 16.8. The molecule has 2 heterocycles. The summed E-state index contributed by atoms with van der Waals surface area (Å²) in [4.78, 5) is 38.7. The first-order valence-electron chi connectivity index (χ1n) is 9.89. The Morgan fingerprint density at radius 1 is 1.14 bits per heavy atom. The van der Waals surface area contributed by atoms with Crippen LogP contribution in [0.4, 0.5) is 4.79 Å². The number of aryl methyl sites for hydroxylation is 1. The normalized spacial score (nSPS) is 19.5. The lowest BCUT2D eigenvalue weighted by atomic mass is 9.96. The summed E-state index contributed by atoms with van der Waals surface area (Å²) in [5, 5.41) is 7.01. The lowest BCUT2D eigenvalue weighted by Crippen LogP contribution is -2.50. The van der Waals surface area contributed by atoms with Crippen molar-refractivity contribution < 1.29 is 19.1 Å². The van der Waals surface area contributed by atoms with E-state index in [4.69, 9.17) is 4.74 Å². The Hall–Kier alpha value is -2.58. The maximum atomic E-state index is 12.5. The second-order valence-corrected chi connectivity index (χ2v) is 8.45. The van der Waals surface area contributed by atoms with Crippen LogP contribution in [0.2, 0.25) is 0 Å². The fourth-order valence-electron chi connectivity index (χ4n) is 3.63. The zero-order chi connectivity index (χ0) is 20.3. The minimum atomic E-state index is -0.580. The Morgan fingerprint density at radius 2 is 1.89 bits per heavy atom. The number of carbonyl (C=O) groups is 3. The smallest absolute Gasteiger partial charge is 0.410 e. The molecule has 2 aliphatic rings. The molecular weight excluding hydrogens is 362 g/mol. The Kier molecular flexibility index (Phi) is 5.90. The monoisotopic (exact) mass is 391 g/mol. The third kappa shape index (κ3) is 4.82. The van der Waals surface area contributed by atoms with Gasteiger partial charge in [0, 0.05) is 24.3 Å². The number of aromatic nitrogens is 2. The molecule has 9 heteroatoms. The number of ether oxygens (including phenoxy) is 1. The van der Waals surface area contributed by atoms with E-state index in [1.807, 2.05) is 20.8 Å². The molecule has 1 aliphatic carbocycles. The molecule has 0 bridgehead atoms. The lowest BCUT2D eigenvalue weighted by Gasteiger charge is -2.33. The zero-order valence-corrected chi connectivity index (χ0v) is 16.8. The predicted octanol–water partition coefficient (Wildman–Crippen LogP) is 1.70.